The molecule has 0 radical (unpaired) electrons. The topological polar surface area (TPSA) is 66.8 Å². The number of carboxylic acids is 1. The number of carbonyl (C=O) groups excluding carboxylic acids is 1. The van der Waals surface area contributed by atoms with Crippen LogP contribution in [0.3, 0.4) is 0 Å². The Morgan fingerprint density at radius 2 is 2.09 bits per heavy atom. The van der Waals surface area contributed by atoms with Gasteiger partial charge in [-0.1, -0.05) is 0 Å². The molecule has 0 aromatic carbocycles. The normalized spacial score (nSPS) is 27.1. The van der Waals surface area contributed by atoms with Gasteiger partial charge in [-0.25, -0.2) is 0 Å². The fraction of sp³-hybridized carbons (Fsp3) is 0.647. The van der Waals surface area contributed by atoms with Crippen molar-refractivity contribution in [3.05, 3.63) is 22.4 Å². The van der Waals surface area contributed by atoms with Crippen molar-refractivity contribution in [3.8, 4) is 0 Å². The first-order chi connectivity index (χ1) is 11.1. The lowest BCUT2D eigenvalue weighted by Crippen LogP contribution is -2.44. The smallest absolute Gasteiger partial charge is 0.309 e. The number of likely N-dealkylation sites (tertiary alicyclic amines) is 1. The molecule has 1 amide bonds. The summed E-state index contributed by atoms with van der Waals surface area (Å²) in [5.41, 5.74) is 1.08. The highest BCUT2D eigenvalue weighted by atomic mass is 32.1. The van der Waals surface area contributed by atoms with Gasteiger partial charge < -0.3 is 14.7 Å². The highest BCUT2D eigenvalue weighted by Crippen LogP contribution is 2.34. The highest BCUT2D eigenvalue weighted by molar-refractivity contribution is 7.08. The zero-order chi connectivity index (χ0) is 16.4. The minimum absolute atomic E-state index is 0.104. The summed E-state index contributed by atoms with van der Waals surface area (Å²) in [5.74, 6) is -0.820. The highest BCUT2D eigenvalue weighted by Gasteiger charge is 2.41. The van der Waals surface area contributed by atoms with Gasteiger partial charge in [-0.15, -0.1) is 0 Å². The number of amides is 1. The standard InChI is InChI=1S/C17H23NO4S/c1-11(13-5-9-23-10-13)16(19)18-6-2-12(3-7-18)15-14(17(20)21)4-8-22-15/h5,9-12,14-15H,2-4,6-8H2,1H3,(H,20,21)/t11?,14?,15-/m0/s1. The van der Waals surface area contributed by atoms with Crippen molar-refractivity contribution >= 4 is 23.2 Å². The van der Waals surface area contributed by atoms with E-state index in [1.807, 2.05) is 28.7 Å². The largest absolute Gasteiger partial charge is 0.481 e. The Bertz CT molecular complexity index is 551. The van der Waals surface area contributed by atoms with Crippen LogP contribution in [-0.2, 0) is 14.3 Å². The van der Waals surface area contributed by atoms with Gasteiger partial charge >= 0.3 is 5.97 Å². The number of carboxylic acid groups (broad SMARTS) is 1. The number of carbonyl (C=O) groups is 2. The third-order valence-corrected chi connectivity index (χ3v) is 5.88. The van der Waals surface area contributed by atoms with E-state index < -0.39 is 5.97 Å². The molecule has 0 aliphatic carbocycles. The lowest BCUT2D eigenvalue weighted by Gasteiger charge is -2.36. The molecule has 3 atom stereocenters. The van der Waals surface area contributed by atoms with Crippen molar-refractivity contribution in [2.24, 2.45) is 11.8 Å². The lowest BCUT2D eigenvalue weighted by molar-refractivity contribution is -0.146. The Morgan fingerprint density at radius 3 is 2.70 bits per heavy atom. The number of rotatable bonds is 4. The first kappa shape index (κ1) is 16.5. The molecule has 1 N–H and O–H groups in total. The van der Waals surface area contributed by atoms with Crippen molar-refractivity contribution < 1.29 is 19.4 Å². The quantitative estimate of drug-likeness (QED) is 0.917. The Morgan fingerprint density at radius 1 is 1.35 bits per heavy atom. The molecule has 2 fully saturated rings. The molecule has 0 bridgehead atoms. The summed E-state index contributed by atoms with van der Waals surface area (Å²) < 4.78 is 5.69. The molecule has 2 unspecified atom stereocenters. The van der Waals surface area contributed by atoms with Crippen LogP contribution >= 0.6 is 11.3 Å². The zero-order valence-corrected chi connectivity index (χ0v) is 14.1. The molecule has 1 aromatic heterocycles. The van der Waals surface area contributed by atoms with Crippen LogP contribution in [0.15, 0.2) is 16.8 Å². The van der Waals surface area contributed by atoms with Crippen LogP contribution in [0.2, 0.25) is 0 Å². The number of thiophene rings is 1. The number of aliphatic carboxylic acids is 1. The summed E-state index contributed by atoms with van der Waals surface area (Å²) in [6, 6.07) is 2.00. The number of hydrogen-bond acceptors (Lipinski definition) is 4. The fourth-order valence-electron chi connectivity index (χ4n) is 3.73. The minimum atomic E-state index is -0.753. The van der Waals surface area contributed by atoms with Crippen molar-refractivity contribution in [1.29, 1.82) is 0 Å². The predicted octanol–water partition coefficient (Wildman–Crippen LogP) is 2.58. The third kappa shape index (κ3) is 3.43. The molecule has 0 spiro atoms. The first-order valence-electron chi connectivity index (χ1n) is 8.23. The van der Waals surface area contributed by atoms with Crippen LogP contribution in [0.5, 0.6) is 0 Å². The monoisotopic (exact) mass is 337 g/mol. The summed E-state index contributed by atoms with van der Waals surface area (Å²) in [6.45, 7) is 3.89. The van der Waals surface area contributed by atoms with E-state index in [1.54, 1.807) is 11.3 Å². The molecule has 2 saturated heterocycles. The number of ether oxygens (including phenoxy) is 1. The van der Waals surface area contributed by atoms with Gasteiger partial charge in [0, 0.05) is 19.7 Å². The molecule has 2 aliphatic rings. The van der Waals surface area contributed by atoms with E-state index in [-0.39, 0.29) is 29.8 Å². The van der Waals surface area contributed by atoms with E-state index in [0.29, 0.717) is 26.1 Å². The maximum Gasteiger partial charge on any atom is 0.309 e. The molecule has 5 nitrogen and oxygen atoms in total. The first-order valence-corrected chi connectivity index (χ1v) is 9.17. The van der Waals surface area contributed by atoms with Gasteiger partial charge in [-0.05, 0) is 54.5 Å². The molecule has 2 aliphatic heterocycles. The SMILES string of the molecule is CC(C(=O)N1CCC([C@@H]2OCCC2C(=O)O)CC1)c1ccsc1. The molecule has 126 valence electrons. The van der Waals surface area contributed by atoms with Crippen LogP contribution in [0.4, 0.5) is 0 Å². The molecular weight excluding hydrogens is 314 g/mol. The predicted molar refractivity (Wildman–Crippen MR) is 87.5 cm³/mol. The Kier molecular flexibility index (Phi) is 5.02. The molecule has 0 saturated carbocycles. The summed E-state index contributed by atoms with van der Waals surface area (Å²) in [7, 11) is 0. The molecule has 1 aromatic rings. The average Bonchev–Trinajstić information content (AvgIpc) is 3.24. The van der Waals surface area contributed by atoms with Gasteiger partial charge in [0.1, 0.15) is 0 Å². The lowest BCUT2D eigenvalue weighted by atomic mass is 9.84. The van der Waals surface area contributed by atoms with Crippen LogP contribution < -0.4 is 0 Å². The van der Waals surface area contributed by atoms with Crippen LogP contribution in [-0.4, -0.2) is 47.7 Å². The van der Waals surface area contributed by atoms with E-state index in [9.17, 15) is 14.7 Å². The maximum atomic E-state index is 12.6. The van der Waals surface area contributed by atoms with Gasteiger partial charge in [-0.3, -0.25) is 9.59 Å². The van der Waals surface area contributed by atoms with Gasteiger partial charge in [-0.2, -0.15) is 11.3 Å². The molecule has 3 rings (SSSR count). The molecule has 6 heteroatoms. The van der Waals surface area contributed by atoms with E-state index in [4.69, 9.17) is 4.74 Å². The molecule has 23 heavy (non-hydrogen) atoms. The van der Waals surface area contributed by atoms with Crippen LogP contribution in [0.1, 0.15) is 37.7 Å². The van der Waals surface area contributed by atoms with Gasteiger partial charge in [0.15, 0.2) is 0 Å². The van der Waals surface area contributed by atoms with E-state index in [1.165, 1.54) is 0 Å². The Balaban J connectivity index is 1.56. The van der Waals surface area contributed by atoms with Crippen molar-refractivity contribution in [1.82, 2.24) is 4.90 Å². The second-order valence-electron chi connectivity index (χ2n) is 6.51. The van der Waals surface area contributed by atoms with Crippen molar-refractivity contribution in [2.75, 3.05) is 19.7 Å². The summed E-state index contributed by atoms with van der Waals surface area (Å²) >= 11 is 1.61. The van der Waals surface area contributed by atoms with E-state index >= 15 is 0 Å². The van der Waals surface area contributed by atoms with Gasteiger partial charge in [0.05, 0.1) is 17.9 Å². The fourth-order valence-corrected chi connectivity index (χ4v) is 4.48. The van der Waals surface area contributed by atoms with E-state index in [2.05, 4.69) is 0 Å². The summed E-state index contributed by atoms with van der Waals surface area (Å²) in [5, 5.41) is 13.3. The minimum Gasteiger partial charge on any atom is -0.481 e. The Labute approximate surface area is 140 Å². The molecule has 3 heterocycles. The molecular formula is C17H23NO4S. The third-order valence-electron chi connectivity index (χ3n) is 5.18. The Hall–Kier alpha value is -1.40. The number of piperidine rings is 1. The summed E-state index contributed by atoms with van der Waals surface area (Å²) in [4.78, 5) is 25.8. The number of hydrogen-bond donors (Lipinski definition) is 1. The maximum absolute atomic E-state index is 12.6. The van der Waals surface area contributed by atoms with Crippen LogP contribution in [0, 0.1) is 11.8 Å². The average molecular weight is 337 g/mol. The van der Waals surface area contributed by atoms with Gasteiger partial charge in [0.2, 0.25) is 5.91 Å². The van der Waals surface area contributed by atoms with Crippen molar-refractivity contribution in [2.45, 2.75) is 38.2 Å². The summed E-state index contributed by atoms with van der Waals surface area (Å²) in [6.07, 6.45) is 2.08. The second-order valence-corrected chi connectivity index (χ2v) is 7.29. The zero-order valence-electron chi connectivity index (χ0n) is 13.3. The second kappa shape index (κ2) is 7.01. The van der Waals surface area contributed by atoms with Crippen LogP contribution in [0.25, 0.3) is 0 Å². The van der Waals surface area contributed by atoms with E-state index in [0.717, 1.165) is 18.4 Å². The van der Waals surface area contributed by atoms with Crippen molar-refractivity contribution in [3.63, 3.8) is 0 Å². The van der Waals surface area contributed by atoms with Gasteiger partial charge in [0.25, 0.3) is 0 Å². The number of nitrogens with zero attached hydrogens (tertiary/aromatic N) is 1.